The molecule has 0 saturated carbocycles. The van der Waals surface area contributed by atoms with E-state index in [2.05, 4.69) is 20.5 Å². The lowest BCUT2D eigenvalue weighted by Crippen LogP contribution is -2.24. The molecule has 2 rings (SSSR count). The number of carbonyl (C=O) groups excluding carboxylic acids is 1. The van der Waals surface area contributed by atoms with Gasteiger partial charge in [0.15, 0.2) is 4.34 Å². The molecule has 20 heavy (non-hydrogen) atoms. The van der Waals surface area contributed by atoms with Gasteiger partial charge in [0.05, 0.1) is 10.3 Å². The molecule has 2 heterocycles. The highest BCUT2D eigenvalue weighted by Gasteiger charge is 2.20. The number of nitrogens with zero attached hydrogens (tertiary/aromatic N) is 3. The summed E-state index contributed by atoms with van der Waals surface area (Å²) in [6.45, 7) is 1.93. The van der Waals surface area contributed by atoms with E-state index in [-0.39, 0.29) is 11.2 Å². The number of amides is 1. The number of hydrogen-bond donors (Lipinski definition) is 2. The molecule has 0 aliphatic rings. The Labute approximate surface area is 129 Å². The van der Waals surface area contributed by atoms with Crippen LogP contribution in [0.4, 0.5) is 10.9 Å². The summed E-state index contributed by atoms with van der Waals surface area (Å²) in [5.74, 6) is 0.330. The molecule has 9 heteroatoms. The van der Waals surface area contributed by atoms with Crippen molar-refractivity contribution in [2.45, 2.75) is 22.9 Å². The molecule has 2 aromatic heterocycles. The third kappa shape index (κ3) is 4.06. The first-order valence-corrected chi connectivity index (χ1v) is 7.84. The van der Waals surface area contributed by atoms with Crippen molar-refractivity contribution in [2.24, 2.45) is 0 Å². The van der Waals surface area contributed by atoms with Crippen molar-refractivity contribution in [3.63, 3.8) is 0 Å². The molecule has 0 aliphatic carbocycles. The van der Waals surface area contributed by atoms with Gasteiger partial charge in [-0.05, 0) is 18.6 Å². The second-order valence-corrected chi connectivity index (χ2v) is 6.67. The van der Waals surface area contributed by atoms with E-state index in [1.165, 1.54) is 29.3 Å². The highest BCUT2D eigenvalue weighted by molar-refractivity contribution is 8.02. The van der Waals surface area contributed by atoms with Crippen LogP contribution in [0.5, 0.6) is 0 Å². The smallest absolute Gasteiger partial charge is 0.239 e. The number of aromatic nitrogens is 3. The van der Waals surface area contributed by atoms with E-state index in [0.29, 0.717) is 26.7 Å². The number of nitrogens with one attached hydrogen (secondary N) is 1. The van der Waals surface area contributed by atoms with Crippen molar-refractivity contribution < 1.29 is 4.79 Å². The third-order valence-corrected chi connectivity index (χ3v) is 4.73. The molecule has 1 amide bonds. The number of nitrogens with two attached hydrogens (primary N) is 1. The number of halogens is 1. The van der Waals surface area contributed by atoms with Crippen LogP contribution >= 0.6 is 34.7 Å². The molecule has 0 radical (unpaired) electrons. The maximum absolute atomic E-state index is 12.2. The van der Waals surface area contributed by atoms with Crippen LogP contribution in [0.2, 0.25) is 5.02 Å². The van der Waals surface area contributed by atoms with Gasteiger partial charge in [0, 0.05) is 6.20 Å². The van der Waals surface area contributed by atoms with Gasteiger partial charge in [-0.3, -0.25) is 4.79 Å². The summed E-state index contributed by atoms with van der Waals surface area (Å²) in [6, 6.07) is 3.32. The second kappa shape index (κ2) is 6.87. The topological polar surface area (TPSA) is 93.8 Å². The Bertz CT molecular complexity index is 589. The zero-order valence-corrected chi connectivity index (χ0v) is 12.9. The van der Waals surface area contributed by atoms with Crippen LogP contribution in [-0.4, -0.2) is 26.3 Å². The minimum Gasteiger partial charge on any atom is -0.374 e. The van der Waals surface area contributed by atoms with E-state index in [1.54, 1.807) is 12.1 Å². The number of anilines is 2. The standard InChI is InChI=1S/C11H12ClN5OS2/c1-2-7(19-11-17-16-10(13)20-11)9(18)15-8-4-3-6(12)5-14-8/h3-5,7H,2H2,1H3,(H2,13,16)(H,14,15,18). The fraction of sp³-hybridized carbons (Fsp3) is 0.273. The fourth-order valence-corrected chi connectivity index (χ4v) is 3.28. The zero-order chi connectivity index (χ0) is 14.5. The Morgan fingerprint density at radius 2 is 2.35 bits per heavy atom. The molecule has 0 aromatic carbocycles. The third-order valence-electron chi connectivity index (χ3n) is 2.31. The predicted octanol–water partition coefficient (Wildman–Crippen LogP) is 2.68. The molecule has 0 spiro atoms. The number of rotatable bonds is 5. The molecule has 0 aliphatic heterocycles. The maximum atomic E-state index is 12.2. The van der Waals surface area contributed by atoms with Crippen molar-refractivity contribution >= 4 is 51.6 Å². The highest BCUT2D eigenvalue weighted by atomic mass is 35.5. The molecule has 0 bridgehead atoms. The molecule has 0 saturated heterocycles. The Hall–Kier alpha value is -1.38. The lowest BCUT2D eigenvalue weighted by Gasteiger charge is -2.12. The maximum Gasteiger partial charge on any atom is 0.239 e. The average molecular weight is 330 g/mol. The lowest BCUT2D eigenvalue weighted by atomic mass is 10.3. The van der Waals surface area contributed by atoms with Crippen molar-refractivity contribution in [1.82, 2.24) is 15.2 Å². The van der Waals surface area contributed by atoms with Gasteiger partial charge in [-0.25, -0.2) is 4.98 Å². The molecular weight excluding hydrogens is 318 g/mol. The minimum absolute atomic E-state index is 0.138. The van der Waals surface area contributed by atoms with Crippen molar-refractivity contribution in [2.75, 3.05) is 11.1 Å². The van der Waals surface area contributed by atoms with Gasteiger partial charge in [0.2, 0.25) is 11.0 Å². The first kappa shape index (κ1) is 15.0. The van der Waals surface area contributed by atoms with Gasteiger partial charge < -0.3 is 11.1 Å². The quantitative estimate of drug-likeness (QED) is 0.819. The van der Waals surface area contributed by atoms with Gasteiger partial charge >= 0.3 is 0 Å². The summed E-state index contributed by atoms with van der Waals surface area (Å²) in [5, 5.41) is 11.0. The minimum atomic E-state index is -0.278. The summed E-state index contributed by atoms with van der Waals surface area (Å²) >= 11 is 8.34. The SMILES string of the molecule is CCC(Sc1nnc(N)s1)C(=O)Nc1ccc(Cl)cn1. The largest absolute Gasteiger partial charge is 0.374 e. The summed E-state index contributed by atoms with van der Waals surface area (Å²) in [6.07, 6.45) is 2.14. The van der Waals surface area contributed by atoms with Crippen LogP contribution in [0.25, 0.3) is 0 Å². The van der Waals surface area contributed by atoms with Gasteiger partial charge in [-0.1, -0.05) is 41.6 Å². The van der Waals surface area contributed by atoms with Crippen LogP contribution < -0.4 is 11.1 Å². The molecule has 6 nitrogen and oxygen atoms in total. The number of hydrogen-bond acceptors (Lipinski definition) is 7. The molecule has 2 aromatic rings. The van der Waals surface area contributed by atoms with Gasteiger partial charge in [0.25, 0.3) is 0 Å². The van der Waals surface area contributed by atoms with E-state index in [1.807, 2.05) is 6.92 Å². The highest BCUT2D eigenvalue weighted by Crippen LogP contribution is 2.29. The number of carbonyl (C=O) groups is 1. The molecular formula is C11H12ClN5OS2. The van der Waals surface area contributed by atoms with E-state index in [9.17, 15) is 4.79 Å². The Balaban J connectivity index is 2.00. The normalized spacial score (nSPS) is 12.1. The summed E-state index contributed by atoms with van der Waals surface area (Å²) < 4.78 is 0.675. The van der Waals surface area contributed by atoms with Gasteiger partial charge in [-0.15, -0.1) is 10.2 Å². The van der Waals surface area contributed by atoms with E-state index in [0.717, 1.165) is 0 Å². The monoisotopic (exact) mass is 329 g/mol. The van der Waals surface area contributed by atoms with Crippen LogP contribution in [0, 0.1) is 0 Å². The molecule has 106 valence electrons. The first-order valence-electron chi connectivity index (χ1n) is 5.76. The predicted molar refractivity (Wildman–Crippen MR) is 82.1 cm³/mol. The van der Waals surface area contributed by atoms with Crippen molar-refractivity contribution in [1.29, 1.82) is 0 Å². The lowest BCUT2D eigenvalue weighted by molar-refractivity contribution is -0.115. The molecule has 1 atom stereocenters. The number of pyridine rings is 1. The van der Waals surface area contributed by atoms with Crippen molar-refractivity contribution in [3.8, 4) is 0 Å². The van der Waals surface area contributed by atoms with Gasteiger partial charge in [-0.2, -0.15) is 0 Å². The fourth-order valence-electron chi connectivity index (χ4n) is 1.37. The average Bonchev–Trinajstić information content (AvgIpc) is 2.84. The molecule has 3 N–H and O–H groups in total. The first-order chi connectivity index (χ1) is 9.58. The van der Waals surface area contributed by atoms with Crippen LogP contribution in [0.1, 0.15) is 13.3 Å². The Morgan fingerprint density at radius 1 is 1.55 bits per heavy atom. The number of nitrogen functional groups attached to an aromatic ring is 1. The Kier molecular flexibility index (Phi) is 5.16. The summed E-state index contributed by atoms with van der Waals surface area (Å²) in [7, 11) is 0. The van der Waals surface area contributed by atoms with E-state index in [4.69, 9.17) is 17.3 Å². The molecule has 1 unspecified atom stereocenters. The second-order valence-electron chi connectivity index (χ2n) is 3.77. The molecule has 0 fully saturated rings. The Morgan fingerprint density at radius 3 is 2.90 bits per heavy atom. The van der Waals surface area contributed by atoms with E-state index >= 15 is 0 Å². The van der Waals surface area contributed by atoms with Crippen LogP contribution in [-0.2, 0) is 4.79 Å². The zero-order valence-electron chi connectivity index (χ0n) is 10.5. The summed E-state index contributed by atoms with van der Waals surface area (Å²) in [5.41, 5.74) is 5.52. The van der Waals surface area contributed by atoms with Crippen molar-refractivity contribution in [3.05, 3.63) is 23.4 Å². The van der Waals surface area contributed by atoms with Gasteiger partial charge in [0.1, 0.15) is 5.82 Å². The van der Waals surface area contributed by atoms with E-state index < -0.39 is 0 Å². The van der Waals surface area contributed by atoms with Crippen LogP contribution in [0.15, 0.2) is 22.7 Å². The van der Waals surface area contributed by atoms with Crippen LogP contribution in [0.3, 0.4) is 0 Å². The number of thioether (sulfide) groups is 1. The summed E-state index contributed by atoms with van der Waals surface area (Å²) in [4.78, 5) is 16.2.